The van der Waals surface area contributed by atoms with Gasteiger partial charge >= 0.3 is 0 Å². The van der Waals surface area contributed by atoms with E-state index >= 15 is 0 Å². The number of rotatable bonds is 4. The molecular weight excluding hydrogens is 342 g/mol. The highest BCUT2D eigenvalue weighted by Crippen LogP contribution is 2.17. The maximum atomic E-state index is 11.8. The first-order chi connectivity index (χ1) is 7.00. The van der Waals surface area contributed by atoms with Crippen molar-refractivity contribution in [3.8, 4) is 0 Å². The van der Waals surface area contributed by atoms with Crippen LogP contribution in [0.4, 0.5) is 0 Å². The molecule has 1 aromatic heterocycles. The van der Waals surface area contributed by atoms with Crippen LogP contribution in [0.25, 0.3) is 0 Å². The van der Waals surface area contributed by atoms with Gasteiger partial charge in [-0.25, -0.2) is 0 Å². The van der Waals surface area contributed by atoms with Gasteiger partial charge in [0.05, 0.1) is 10.4 Å². The molecule has 15 heavy (non-hydrogen) atoms. The fourth-order valence-electron chi connectivity index (χ4n) is 0.995. The molecule has 0 unspecified atom stereocenters. The van der Waals surface area contributed by atoms with Gasteiger partial charge in [0, 0.05) is 15.5 Å². The summed E-state index contributed by atoms with van der Waals surface area (Å²) in [5, 5.41) is 4.45. The number of alkyl halides is 2. The van der Waals surface area contributed by atoms with Crippen molar-refractivity contribution in [3.63, 3.8) is 0 Å². The van der Waals surface area contributed by atoms with Crippen LogP contribution in [0.15, 0.2) is 12.1 Å². The number of nitrogens with one attached hydrogen (secondary N) is 1. The summed E-state index contributed by atoms with van der Waals surface area (Å²) in [7, 11) is 0. The Bertz CT molecular complexity index is 347. The van der Waals surface area contributed by atoms with E-state index in [0.717, 1.165) is 20.4 Å². The maximum absolute atomic E-state index is 11.8. The SMILES string of the molecule is Cc1ccc(C(=O)NC(C)(CBr)CBr)s1. The Morgan fingerprint density at radius 1 is 1.47 bits per heavy atom. The lowest BCUT2D eigenvalue weighted by Gasteiger charge is -2.25. The van der Waals surface area contributed by atoms with E-state index in [1.54, 1.807) is 0 Å². The molecule has 1 N–H and O–H groups in total. The summed E-state index contributed by atoms with van der Waals surface area (Å²) >= 11 is 8.31. The molecule has 0 bridgehead atoms. The summed E-state index contributed by atoms with van der Waals surface area (Å²) in [4.78, 5) is 13.8. The zero-order valence-corrected chi connectivity index (χ0v) is 12.6. The van der Waals surface area contributed by atoms with Crippen molar-refractivity contribution >= 4 is 49.1 Å². The van der Waals surface area contributed by atoms with Crippen LogP contribution >= 0.6 is 43.2 Å². The third-order valence-electron chi connectivity index (χ3n) is 1.97. The quantitative estimate of drug-likeness (QED) is 0.825. The summed E-state index contributed by atoms with van der Waals surface area (Å²) in [6.45, 7) is 3.99. The number of thiophene rings is 1. The smallest absolute Gasteiger partial charge is 0.261 e. The average molecular weight is 355 g/mol. The monoisotopic (exact) mass is 353 g/mol. The van der Waals surface area contributed by atoms with Crippen molar-refractivity contribution in [1.82, 2.24) is 5.32 Å². The number of aryl methyl sites for hydroxylation is 1. The van der Waals surface area contributed by atoms with Gasteiger partial charge in [0.2, 0.25) is 0 Å². The molecule has 0 fully saturated rings. The molecule has 1 rings (SSSR count). The van der Waals surface area contributed by atoms with Gasteiger partial charge in [0.25, 0.3) is 5.91 Å². The molecule has 0 aromatic carbocycles. The van der Waals surface area contributed by atoms with E-state index in [1.165, 1.54) is 11.3 Å². The number of halogens is 2. The Kier molecular flexibility index (Phi) is 4.80. The molecule has 0 aliphatic heterocycles. The predicted octanol–water partition coefficient (Wildman–Crippen LogP) is 3.33. The Balaban J connectivity index is 2.71. The van der Waals surface area contributed by atoms with Gasteiger partial charge < -0.3 is 5.32 Å². The van der Waals surface area contributed by atoms with Gasteiger partial charge in [0.15, 0.2) is 0 Å². The lowest BCUT2D eigenvalue weighted by molar-refractivity contribution is 0.0927. The van der Waals surface area contributed by atoms with E-state index in [-0.39, 0.29) is 11.4 Å². The van der Waals surface area contributed by atoms with Crippen LogP contribution in [0.2, 0.25) is 0 Å². The molecule has 1 amide bonds. The van der Waals surface area contributed by atoms with Crippen molar-refractivity contribution < 1.29 is 4.79 Å². The van der Waals surface area contributed by atoms with Gasteiger partial charge in [-0.15, -0.1) is 11.3 Å². The molecule has 0 atom stereocenters. The lowest BCUT2D eigenvalue weighted by atomic mass is 10.1. The molecule has 0 saturated heterocycles. The topological polar surface area (TPSA) is 29.1 Å². The van der Waals surface area contributed by atoms with Crippen molar-refractivity contribution in [3.05, 3.63) is 21.9 Å². The van der Waals surface area contributed by atoms with E-state index in [1.807, 2.05) is 26.0 Å². The van der Waals surface area contributed by atoms with Crippen LogP contribution in [-0.4, -0.2) is 22.1 Å². The highest BCUT2D eigenvalue weighted by atomic mass is 79.9. The fourth-order valence-corrected chi connectivity index (χ4v) is 2.97. The number of hydrogen-bond donors (Lipinski definition) is 1. The summed E-state index contributed by atoms with van der Waals surface area (Å²) in [6.07, 6.45) is 0. The number of amides is 1. The molecule has 0 spiro atoms. The Morgan fingerprint density at radius 2 is 2.07 bits per heavy atom. The van der Waals surface area contributed by atoms with Crippen LogP contribution in [0.3, 0.4) is 0 Å². The van der Waals surface area contributed by atoms with Crippen molar-refractivity contribution in [2.24, 2.45) is 0 Å². The molecular formula is C10H13Br2NOS. The fraction of sp³-hybridized carbons (Fsp3) is 0.500. The summed E-state index contributed by atoms with van der Waals surface area (Å²) in [5.41, 5.74) is -0.241. The lowest BCUT2D eigenvalue weighted by Crippen LogP contribution is -2.48. The molecule has 84 valence electrons. The zero-order chi connectivity index (χ0) is 11.5. The van der Waals surface area contributed by atoms with Crippen molar-refractivity contribution in [1.29, 1.82) is 0 Å². The molecule has 0 saturated carbocycles. The van der Waals surface area contributed by atoms with Gasteiger partial charge in [-0.3, -0.25) is 4.79 Å². The molecule has 0 aliphatic rings. The second kappa shape index (κ2) is 5.46. The zero-order valence-electron chi connectivity index (χ0n) is 8.64. The van der Waals surface area contributed by atoms with E-state index in [9.17, 15) is 4.79 Å². The first kappa shape index (κ1) is 13.2. The van der Waals surface area contributed by atoms with Crippen LogP contribution in [0.1, 0.15) is 21.5 Å². The van der Waals surface area contributed by atoms with E-state index < -0.39 is 0 Å². The van der Waals surface area contributed by atoms with Gasteiger partial charge in [-0.05, 0) is 26.0 Å². The van der Waals surface area contributed by atoms with Crippen LogP contribution in [0.5, 0.6) is 0 Å². The molecule has 0 aliphatic carbocycles. The molecule has 0 radical (unpaired) electrons. The van der Waals surface area contributed by atoms with Gasteiger partial charge in [0.1, 0.15) is 0 Å². The summed E-state index contributed by atoms with van der Waals surface area (Å²) < 4.78 is 0. The van der Waals surface area contributed by atoms with E-state index in [2.05, 4.69) is 37.2 Å². The highest BCUT2D eigenvalue weighted by Gasteiger charge is 2.24. The minimum atomic E-state index is -0.241. The second-order valence-electron chi connectivity index (χ2n) is 3.69. The maximum Gasteiger partial charge on any atom is 0.261 e. The first-order valence-corrected chi connectivity index (χ1v) is 7.57. The van der Waals surface area contributed by atoms with Crippen LogP contribution in [-0.2, 0) is 0 Å². The molecule has 5 heteroatoms. The normalized spacial score (nSPS) is 11.5. The molecule has 1 aromatic rings. The number of hydrogen-bond acceptors (Lipinski definition) is 2. The van der Waals surface area contributed by atoms with Crippen LogP contribution < -0.4 is 5.32 Å². The summed E-state index contributed by atoms with van der Waals surface area (Å²) in [6, 6.07) is 3.82. The Hall–Kier alpha value is 0.130. The third kappa shape index (κ3) is 3.57. The highest BCUT2D eigenvalue weighted by molar-refractivity contribution is 9.09. The Morgan fingerprint density at radius 3 is 2.47 bits per heavy atom. The van der Waals surface area contributed by atoms with Gasteiger partial charge in [-0.1, -0.05) is 31.9 Å². The van der Waals surface area contributed by atoms with Crippen molar-refractivity contribution in [2.45, 2.75) is 19.4 Å². The molecule has 2 nitrogen and oxygen atoms in total. The minimum Gasteiger partial charge on any atom is -0.344 e. The van der Waals surface area contributed by atoms with Crippen molar-refractivity contribution in [2.75, 3.05) is 10.7 Å². The van der Waals surface area contributed by atoms with E-state index in [0.29, 0.717) is 0 Å². The number of carbonyl (C=O) groups is 1. The van der Waals surface area contributed by atoms with E-state index in [4.69, 9.17) is 0 Å². The Labute approximate surface area is 111 Å². The number of carbonyl (C=O) groups excluding carboxylic acids is 1. The molecule has 1 heterocycles. The minimum absolute atomic E-state index is 0.00509. The average Bonchev–Trinajstić information content (AvgIpc) is 2.65. The van der Waals surface area contributed by atoms with Crippen LogP contribution in [0, 0.1) is 6.92 Å². The van der Waals surface area contributed by atoms with Gasteiger partial charge in [-0.2, -0.15) is 0 Å². The third-order valence-corrected chi connectivity index (χ3v) is 5.44. The standard InChI is InChI=1S/C10H13Br2NOS/c1-7-3-4-8(15-7)9(14)13-10(2,5-11)6-12/h3-4H,5-6H2,1-2H3,(H,13,14). The first-order valence-electron chi connectivity index (χ1n) is 4.51. The largest absolute Gasteiger partial charge is 0.344 e. The predicted molar refractivity (Wildman–Crippen MR) is 72.5 cm³/mol. The summed E-state index contributed by atoms with van der Waals surface area (Å²) in [5.74, 6) is -0.00509. The second-order valence-corrected chi connectivity index (χ2v) is 6.10.